The Morgan fingerprint density at radius 2 is 1.30 bits per heavy atom. The van der Waals surface area contributed by atoms with Crippen LogP contribution in [0.5, 0.6) is 5.75 Å². The van der Waals surface area contributed by atoms with Crippen LogP contribution in [0.15, 0.2) is 72.8 Å². The van der Waals surface area contributed by atoms with Crippen LogP contribution >= 0.6 is 0 Å². The molecule has 0 radical (unpaired) electrons. The van der Waals surface area contributed by atoms with E-state index >= 15 is 0 Å². The Hall–Kier alpha value is -4.02. The number of halogens is 6. The first-order valence-corrected chi connectivity index (χ1v) is 9.18. The molecule has 3 aromatic carbocycles. The fourth-order valence-corrected chi connectivity index (χ4v) is 2.82. The monoisotopic (exact) mass is 468 g/mol. The molecule has 0 spiro atoms. The number of nitrogens with one attached hydrogen (secondary N) is 2. The first kappa shape index (κ1) is 23.6. The molecule has 0 aromatic heterocycles. The Morgan fingerprint density at radius 3 is 1.97 bits per heavy atom. The second kappa shape index (κ2) is 9.23. The summed E-state index contributed by atoms with van der Waals surface area (Å²) in [6.07, 6.45) is -9.64. The fraction of sp³-hybridized carbons (Fsp3) is 0.0909. The average molecular weight is 468 g/mol. The molecule has 2 N–H and O–H groups in total. The number of carbonyl (C=O) groups excluding carboxylic acids is 2. The van der Waals surface area contributed by atoms with Gasteiger partial charge in [-0.2, -0.15) is 13.2 Å². The van der Waals surface area contributed by atoms with Crippen LogP contribution < -0.4 is 15.4 Å². The lowest BCUT2D eigenvalue weighted by atomic mass is 10.1. The third-order valence-electron chi connectivity index (χ3n) is 4.23. The van der Waals surface area contributed by atoms with Crippen molar-refractivity contribution >= 4 is 23.2 Å². The Labute approximate surface area is 183 Å². The highest BCUT2D eigenvalue weighted by Gasteiger charge is 2.33. The van der Waals surface area contributed by atoms with Crippen LogP contribution in [0.3, 0.4) is 0 Å². The van der Waals surface area contributed by atoms with E-state index in [2.05, 4.69) is 15.4 Å². The Bertz CT molecular complexity index is 1180. The number of para-hydroxylation sites is 2. The highest BCUT2D eigenvalue weighted by molar-refractivity contribution is 6.13. The second-order valence-corrected chi connectivity index (χ2v) is 6.58. The fourth-order valence-electron chi connectivity index (χ4n) is 2.82. The maximum atomic E-state index is 12.9. The third kappa shape index (κ3) is 6.25. The molecule has 5 nitrogen and oxygen atoms in total. The van der Waals surface area contributed by atoms with E-state index in [1.165, 1.54) is 42.5 Å². The molecule has 3 rings (SSSR count). The summed E-state index contributed by atoms with van der Waals surface area (Å²) in [4.78, 5) is 25.2. The summed E-state index contributed by atoms with van der Waals surface area (Å²) >= 11 is 0. The van der Waals surface area contributed by atoms with E-state index in [9.17, 15) is 35.9 Å². The van der Waals surface area contributed by atoms with Crippen LogP contribution in [-0.4, -0.2) is 18.2 Å². The van der Waals surface area contributed by atoms with Gasteiger partial charge in [0, 0.05) is 5.69 Å². The van der Waals surface area contributed by atoms with Gasteiger partial charge in [0.15, 0.2) is 0 Å². The quantitative estimate of drug-likeness (QED) is 0.444. The zero-order valence-electron chi connectivity index (χ0n) is 16.4. The van der Waals surface area contributed by atoms with Crippen LogP contribution in [0, 0.1) is 0 Å². The smallest absolute Gasteiger partial charge is 0.405 e. The normalized spacial score (nSPS) is 11.6. The van der Waals surface area contributed by atoms with Gasteiger partial charge in [-0.25, -0.2) is 0 Å². The lowest BCUT2D eigenvalue weighted by molar-refractivity contribution is -0.274. The van der Waals surface area contributed by atoms with Gasteiger partial charge in [0.25, 0.3) is 11.8 Å². The highest BCUT2D eigenvalue weighted by Crippen LogP contribution is 2.31. The number of hydrogen-bond donors (Lipinski definition) is 2. The molecule has 0 fully saturated rings. The van der Waals surface area contributed by atoms with Crippen molar-refractivity contribution in [3.05, 3.63) is 89.5 Å². The molecule has 0 aliphatic heterocycles. The van der Waals surface area contributed by atoms with Crippen molar-refractivity contribution in [1.82, 2.24) is 0 Å². The third-order valence-corrected chi connectivity index (χ3v) is 4.23. The van der Waals surface area contributed by atoms with E-state index in [0.717, 1.165) is 30.3 Å². The zero-order valence-corrected chi connectivity index (χ0v) is 16.4. The molecule has 11 heteroatoms. The number of hydrogen-bond acceptors (Lipinski definition) is 3. The number of rotatable bonds is 5. The summed E-state index contributed by atoms with van der Waals surface area (Å²) in [6.45, 7) is 0. The minimum atomic E-state index is -5.03. The Morgan fingerprint density at radius 1 is 0.697 bits per heavy atom. The molecule has 0 aliphatic carbocycles. The van der Waals surface area contributed by atoms with Crippen molar-refractivity contribution < 1.29 is 40.7 Å². The van der Waals surface area contributed by atoms with E-state index in [-0.39, 0.29) is 16.9 Å². The van der Waals surface area contributed by atoms with E-state index in [1.54, 1.807) is 0 Å². The van der Waals surface area contributed by atoms with Crippen LogP contribution in [0.1, 0.15) is 26.3 Å². The topological polar surface area (TPSA) is 67.4 Å². The van der Waals surface area contributed by atoms with Crippen LogP contribution in [0.25, 0.3) is 0 Å². The first-order valence-electron chi connectivity index (χ1n) is 9.18. The lowest BCUT2D eigenvalue weighted by Gasteiger charge is -2.15. The van der Waals surface area contributed by atoms with Crippen molar-refractivity contribution in [3.8, 4) is 5.75 Å². The van der Waals surface area contributed by atoms with Gasteiger partial charge in [0.1, 0.15) is 5.75 Å². The number of benzene rings is 3. The summed E-state index contributed by atoms with van der Waals surface area (Å²) in [6, 6.07) is 14.1. The van der Waals surface area contributed by atoms with Crippen molar-refractivity contribution in [2.45, 2.75) is 12.5 Å². The van der Waals surface area contributed by atoms with Crippen LogP contribution in [0.2, 0.25) is 0 Å². The average Bonchev–Trinajstić information content (AvgIpc) is 2.73. The highest BCUT2D eigenvalue weighted by atomic mass is 19.4. The summed E-state index contributed by atoms with van der Waals surface area (Å²) in [5.41, 5.74) is -1.75. The van der Waals surface area contributed by atoms with Crippen molar-refractivity contribution in [3.63, 3.8) is 0 Å². The SMILES string of the molecule is O=C(Nc1cccc(C(F)(F)F)c1)c1ccccc1NC(=O)c1ccccc1OC(F)(F)F. The number of ether oxygens (including phenoxy) is 1. The van der Waals surface area contributed by atoms with Crippen molar-refractivity contribution in [1.29, 1.82) is 0 Å². The Balaban J connectivity index is 1.83. The lowest BCUT2D eigenvalue weighted by Crippen LogP contribution is -2.22. The van der Waals surface area contributed by atoms with Gasteiger partial charge in [0.05, 0.1) is 22.4 Å². The molecule has 3 aromatic rings. The van der Waals surface area contributed by atoms with Crippen molar-refractivity contribution in [2.75, 3.05) is 10.6 Å². The van der Waals surface area contributed by atoms with Gasteiger partial charge in [0.2, 0.25) is 0 Å². The standard InChI is InChI=1S/C22H14F6N2O3/c23-21(24,25)13-6-5-7-14(12-13)29-19(31)15-8-1-3-10-17(15)30-20(32)16-9-2-4-11-18(16)33-22(26,27)28/h1-12H,(H,29,31)(H,30,32). The van der Waals surface area contributed by atoms with Gasteiger partial charge in [-0.15, -0.1) is 13.2 Å². The van der Waals surface area contributed by atoms with Gasteiger partial charge < -0.3 is 15.4 Å². The molecule has 0 bridgehead atoms. The van der Waals surface area contributed by atoms with E-state index in [4.69, 9.17) is 0 Å². The predicted octanol–water partition coefficient (Wildman–Crippen LogP) is 6.11. The minimum absolute atomic E-state index is 0.0752. The summed E-state index contributed by atoms with van der Waals surface area (Å²) in [5, 5.41) is 4.63. The molecule has 33 heavy (non-hydrogen) atoms. The van der Waals surface area contributed by atoms with Gasteiger partial charge >= 0.3 is 12.5 Å². The molecule has 0 saturated heterocycles. The first-order chi connectivity index (χ1) is 15.4. The number of amides is 2. The zero-order chi connectivity index (χ0) is 24.2. The largest absolute Gasteiger partial charge is 0.573 e. The molecule has 172 valence electrons. The van der Waals surface area contributed by atoms with E-state index in [1.807, 2.05) is 0 Å². The molecular weight excluding hydrogens is 454 g/mol. The van der Waals surface area contributed by atoms with Crippen LogP contribution in [-0.2, 0) is 6.18 Å². The summed E-state index contributed by atoms with van der Waals surface area (Å²) in [5.74, 6) is -2.58. The summed E-state index contributed by atoms with van der Waals surface area (Å²) in [7, 11) is 0. The second-order valence-electron chi connectivity index (χ2n) is 6.58. The summed E-state index contributed by atoms with van der Waals surface area (Å²) < 4.78 is 80.4. The van der Waals surface area contributed by atoms with E-state index in [0.29, 0.717) is 0 Å². The van der Waals surface area contributed by atoms with Gasteiger partial charge in [-0.1, -0.05) is 30.3 Å². The molecule has 0 saturated carbocycles. The molecule has 0 heterocycles. The van der Waals surface area contributed by atoms with Crippen LogP contribution in [0.4, 0.5) is 37.7 Å². The van der Waals surface area contributed by atoms with Crippen molar-refractivity contribution in [2.24, 2.45) is 0 Å². The van der Waals surface area contributed by atoms with Gasteiger partial charge in [-0.05, 0) is 42.5 Å². The number of carbonyl (C=O) groups is 2. The number of anilines is 2. The molecule has 2 amide bonds. The molecular formula is C22H14F6N2O3. The predicted molar refractivity (Wildman–Crippen MR) is 107 cm³/mol. The minimum Gasteiger partial charge on any atom is -0.405 e. The maximum absolute atomic E-state index is 12.9. The molecule has 0 atom stereocenters. The molecule has 0 unspecified atom stereocenters. The maximum Gasteiger partial charge on any atom is 0.573 e. The Kier molecular flexibility index (Phi) is 6.61. The molecule has 0 aliphatic rings. The van der Waals surface area contributed by atoms with Gasteiger partial charge in [-0.3, -0.25) is 9.59 Å². The van der Waals surface area contributed by atoms with E-state index < -0.39 is 41.2 Å². The number of alkyl halides is 6.